The van der Waals surface area contributed by atoms with Crippen molar-refractivity contribution in [2.24, 2.45) is 0 Å². The second-order valence-corrected chi connectivity index (χ2v) is 8.60. The van der Waals surface area contributed by atoms with E-state index in [9.17, 15) is 12.8 Å². The van der Waals surface area contributed by atoms with Gasteiger partial charge in [0.15, 0.2) is 0 Å². The van der Waals surface area contributed by atoms with Crippen molar-refractivity contribution >= 4 is 31.6 Å². The van der Waals surface area contributed by atoms with Crippen molar-refractivity contribution in [1.29, 1.82) is 0 Å². The minimum absolute atomic E-state index is 0.273. The summed E-state index contributed by atoms with van der Waals surface area (Å²) in [7, 11) is -3.50. The van der Waals surface area contributed by atoms with Gasteiger partial charge >= 0.3 is 0 Å². The van der Waals surface area contributed by atoms with Crippen molar-refractivity contribution < 1.29 is 12.8 Å². The lowest BCUT2D eigenvalue weighted by molar-refractivity contribution is 0.384. The van der Waals surface area contributed by atoms with Crippen molar-refractivity contribution in [2.75, 3.05) is 31.1 Å². The molecule has 2 aromatic rings. The Bertz CT molecular complexity index is 832. The molecule has 1 heterocycles. The van der Waals surface area contributed by atoms with E-state index >= 15 is 0 Å². The van der Waals surface area contributed by atoms with Crippen LogP contribution in [-0.2, 0) is 10.0 Å². The molecule has 0 spiro atoms. The Morgan fingerprint density at radius 1 is 1.00 bits per heavy atom. The number of piperazine rings is 1. The van der Waals surface area contributed by atoms with Crippen LogP contribution in [0.25, 0.3) is 0 Å². The Balaban J connectivity index is 1.75. The van der Waals surface area contributed by atoms with E-state index in [2.05, 4.69) is 20.8 Å². The molecule has 1 aliphatic rings. The molecule has 0 aromatic heterocycles. The summed E-state index contributed by atoms with van der Waals surface area (Å²) < 4.78 is 41.1. The molecule has 24 heavy (non-hydrogen) atoms. The quantitative estimate of drug-likeness (QED) is 0.775. The van der Waals surface area contributed by atoms with Crippen molar-refractivity contribution in [3.8, 4) is 0 Å². The lowest BCUT2D eigenvalue weighted by Gasteiger charge is -2.35. The van der Waals surface area contributed by atoms with Crippen LogP contribution in [0.1, 0.15) is 5.56 Å². The van der Waals surface area contributed by atoms with Crippen LogP contribution < -0.4 is 4.90 Å². The summed E-state index contributed by atoms with van der Waals surface area (Å²) in [6, 6.07) is 11.5. The predicted octanol–water partition coefficient (Wildman–Crippen LogP) is 3.41. The molecular weight excluding hydrogens is 395 g/mol. The molecule has 1 aliphatic heterocycles. The van der Waals surface area contributed by atoms with Gasteiger partial charge in [0.05, 0.1) is 4.90 Å². The van der Waals surface area contributed by atoms with E-state index in [0.717, 1.165) is 15.7 Å². The average Bonchev–Trinajstić information content (AvgIpc) is 2.55. The third kappa shape index (κ3) is 3.48. The van der Waals surface area contributed by atoms with Gasteiger partial charge in [0, 0.05) is 36.3 Å². The summed E-state index contributed by atoms with van der Waals surface area (Å²) >= 11 is 3.36. The topological polar surface area (TPSA) is 40.6 Å². The molecule has 7 heteroatoms. The molecule has 0 saturated carbocycles. The van der Waals surface area contributed by atoms with Gasteiger partial charge in [-0.25, -0.2) is 12.8 Å². The first kappa shape index (κ1) is 17.4. The second kappa shape index (κ2) is 6.82. The monoisotopic (exact) mass is 412 g/mol. The fourth-order valence-corrected chi connectivity index (χ4v) is 4.98. The van der Waals surface area contributed by atoms with Gasteiger partial charge in [-0.05, 0) is 55.0 Å². The lowest BCUT2D eigenvalue weighted by atomic mass is 10.2. The molecule has 0 atom stereocenters. The Morgan fingerprint density at radius 3 is 2.21 bits per heavy atom. The van der Waals surface area contributed by atoms with E-state index in [-0.39, 0.29) is 5.82 Å². The molecule has 0 radical (unpaired) electrons. The number of anilines is 1. The standard InChI is InChI=1S/C17H18BrFN2O2S/c1-13-12-14(18)2-7-17(13)24(22,23)21-10-8-20(9-11-21)16-5-3-15(19)4-6-16/h2-7,12H,8-11H2,1H3. The maximum atomic E-state index is 13.0. The van der Waals surface area contributed by atoms with Crippen LogP contribution >= 0.6 is 15.9 Å². The van der Waals surface area contributed by atoms with E-state index < -0.39 is 10.0 Å². The first-order valence-electron chi connectivity index (χ1n) is 7.65. The number of aryl methyl sites for hydroxylation is 1. The van der Waals surface area contributed by atoms with Crippen LogP contribution in [0.2, 0.25) is 0 Å². The van der Waals surface area contributed by atoms with E-state index in [4.69, 9.17) is 0 Å². The zero-order valence-corrected chi connectivity index (χ0v) is 15.6. The van der Waals surface area contributed by atoms with Gasteiger partial charge < -0.3 is 4.90 Å². The van der Waals surface area contributed by atoms with Crippen LogP contribution in [0.15, 0.2) is 51.8 Å². The van der Waals surface area contributed by atoms with Crippen molar-refractivity contribution in [3.63, 3.8) is 0 Å². The number of benzene rings is 2. The molecule has 0 N–H and O–H groups in total. The van der Waals surface area contributed by atoms with Crippen LogP contribution in [0.4, 0.5) is 10.1 Å². The zero-order chi connectivity index (χ0) is 17.3. The summed E-state index contributed by atoms with van der Waals surface area (Å²) in [5, 5.41) is 0. The summed E-state index contributed by atoms with van der Waals surface area (Å²) in [6.07, 6.45) is 0. The third-order valence-corrected chi connectivity index (χ3v) is 6.74. The molecule has 1 fully saturated rings. The fraction of sp³-hybridized carbons (Fsp3) is 0.294. The molecule has 0 unspecified atom stereocenters. The fourth-order valence-electron chi connectivity index (χ4n) is 2.88. The van der Waals surface area contributed by atoms with Gasteiger partial charge in [-0.15, -0.1) is 0 Å². The van der Waals surface area contributed by atoms with Gasteiger partial charge in [-0.3, -0.25) is 0 Å². The zero-order valence-electron chi connectivity index (χ0n) is 13.2. The van der Waals surface area contributed by atoms with Gasteiger partial charge in [0.2, 0.25) is 10.0 Å². The number of nitrogens with zero attached hydrogens (tertiary/aromatic N) is 2. The largest absolute Gasteiger partial charge is 0.369 e. The molecular formula is C17H18BrFN2O2S. The maximum absolute atomic E-state index is 13.0. The molecule has 0 bridgehead atoms. The molecule has 128 valence electrons. The van der Waals surface area contributed by atoms with Gasteiger partial charge in [0.1, 0.15) is 5.82 Å². The Hall–Kier alpha value is -1.44. The highest BCUT2D eigenvalue weighted by molar-refractivity contribution is 9.10. The maximum Gasteiger partial charge on any atom is 0.243 e. The molecule has 0 aliphatic carbocycles. The molecule has 4 nitrogen and oxygen atoms in total. The minimum Gasteiger partial charge on any atom is -0.369 e. The SMILES string of the molecule is Cc1cc(Br)ccc1S(=O)(=O)N1CCN(c2ccc(F)cc2)CC1. The van der Waals surface area contributed by atoms with Gasteiger partial charge in [-0.1, -0.05) is 15.9 Å². The van der Waals surface area contributed by atoms with Gasteiger partial charge in [-0.2, -0.15) is 4.31 Å². The first-order chi connectivity index (χ1) is 11.4. The van der Waals surface area contributed by atoms with Gasteiger partial charge in [0.25, 0.3) is 0 Å². The van der Waals surface area contributed by atoms with Crippen LogP contribution in [0.5, 0.6) is 0 Å². The van der Waals surface area contributed by atoms with E-state index in [0.29, 0.717) is 31.1 Å². The summed E-state index contributed by atoms with van der Waals surface area (Å²) in [5.41, 5.74) is 1.64. The average molecular weight is 413 g/mol. The van der Waals surface area contributed by atoms with Crippen LogP contribution in [0.3, 0.4) is 0 Å². The van der Waals surface area contributed by atoms with E-state index in [1.54, 1.807) is 31.2 Å². The first-order valence-corrected chi connectivity index (χ1v) is 9.88. The Labute approximate surface area is 150 Å². The number of halogens is 2. The highest BCUT2D eigenvalue weighted by Crippen LogP contribution is 2.25. The van der Waals surface area contributed by atoms with Crippen LogP contribution in [0, 0.1) is 12.7 Å². The number of rotatable bonds is 3. The minimum atomic E-state index is -3.50. The summed E-state index contributed by atoms with van der Waals surface area (Å²) in [6.45, 7) is 3.79. The normalized spacial score (nSPS) is 16.4. The highest BCUT2D eigenvalue weighted by atomic mass is 79.9. The van der Waals surface area contributed by atoms with E-state index in [1.165, 1.54) is 16.4 Å². The van der Waals surface area contributed by atoms with Crippen molar-refractivity contribution in [1.82, 2.24) is 4.31 Å². The molecule has 3 rings (SSSR count). The summed E-state index contributed by atoms with van der Waals surface area (Å²) in [4.78, 5) is 2.42. The number of sulfonamides is 1. The lowest BCUT2D eigenvalue weighted by Crippen LogP contribution is -2.48. The van der Waals surface area contributed by atoms with Crippen molar-refractivity contribution in [3.05, 3.63) is 58.3 Å². The third-order valence-electron chi connectivity index (χ3n) is 4.19. The second-order valence-electron chi connectivity index (χ2n) is 5.78. The molecule has 0 amide bonds. The Morgan fingerprint density at radius 2 is 1.62 bits per heavy atom. The predicted molar refractivity (Wildman–Crippen MR) is 96.3 cm³/mol. The van der Waals surface area contributed by atoms with E-state index in [1.807, 2.05) is 6.07 Å². The van der Waals surface area contributed by atoms with Crippen LogP contribution in [-0.4, -0.2) is 38.9 Å². The molecule has 2 aromatic carbocycles. The van der Waals surface area contributed by atoms with Crippen molar-refractivity contribution in [2.45, 2.75) is 11.8 Å². The number of hydrogen-bond acceptors (Lipinski definition) is 3. The highest BCUT2D eigenvalue weighted by Gasteiger charge is 2.29. The molecule has 1 saturated heterocycles. The number of hydrogen-bond donors (Lipinski definition) is 0. The summed E-state index contributed by atoms with van der Waals surface area (Å²) in [5.74, 6) is -0.273. The smallest absolute Gasteiger partial charge is 0.243 e. The Kier molecular flexibility index (Phi) is 4.94.